The van der Waals surface area contributed by atoms with Crippen molar-refractivity contribution in [1.82, 2.24) is 0 Å². The molecule has 1 aromatic rings. The standard InChI is InChI=1S/C10H13ClO3S/c1-3-8-4-9(7-15(11,12)13)6-10(5-8)14-2/h4-6H,3,7H2,1-2H3. The van der Waals surface area contributed by atoms with Crippen LogP contribution in [-0.4, -0.2) is 15.5 Å². The molecule has 0 aliphatic rings. The number of hydrogen-bond donors (Lipinski definition) is 0. The molecule has 0 heterocycles. The molecule has 0 aromatic heterocycles. The monoisotopic (exact) mass is 248 g/mol. The van der Waals surface area contributed by atoms with Crippen LogP contribution in [0.1, 0.15) is 18.1 Å². The second-order valence-corrected chi connectivity index (χ2v) is 6.00. The van der Waals surface area contributed by atoms with Crippen LogP contribution in [0.25, 0.3) is 0 Å². The van der Waals surface area contributed by atoms with Crippen molar-refractivity contribution in [1.29, 1.82) is 0 Å². The highest BCUT2D eigenvalue weighted by molar-refractivity contribution is 8.13. The maximum absolute atomic E-state index is 10.9. The molecule has 0 unspecified atom stereocenters. The van der Waals surface area contributed by atoms with Crippen LogP contribution in [0.3, 0.4) is 0 Å². The van der Waals surface area contributed by atoms with E-state index in [9.17, 15) is 8.42 Å². The van der Waals surface area contributed by atoms with Crippen molar-refractivity contribution in [3.63, 3.8) is 0 Å². The van der Waals surface area contributed by atoms with Crippen molar-refractivity contribution in [2.24, 2.45) is 0 Å². The number of halogens is 1. The third-order valence-electron chi connectivity index (χ3n) is 2.01. The second kappa shape index (κ2) is 4.86. The lowest BCUT2D eigenvalue weighted by atomic mass is 10.1. The molecule has 0 saturated heterocycles. The first kappa shape index (κ1) is 12.3. The van der Waals surface area contributed by atoms with Gasteiger partial charge in [0.1, 0.15) is 5.75 Å². The number of benzene rings is 1. The average Bonchev–Trinajstić information content (AvgIpc) is 2.14. The fraction of sp³-hybridized carbons (Fsp3) is 0.400. The van der Waals surface area contributed by atoms with Crippen molar-refractivity contribution in [2.75, 3.05) is 7.11 Å². The first-order valence-electron chi connectivity index (χ1n) is 4.53. The van der Waals surface area contributed by atoms with Gasteiger partial charge in [0.2, 0.25) is 9.05 Å². The minimum atomic E-state index is -3.51. The molecular formula is C10H13ClO3S. The van der Waals surface area contributed by atoms with E-state index in [-0.39, 0.29) is 5.75 Å². The van der Waals surface area contributed by atoms with E-state index in [0.29, 0.717) is 11.3 Å². The fourth-order valence-electron chi connectivity index (χ4n) is 1.33. The Bertz CT molecular complexity index is 418. The molecule has 0 saturated carbocycles. The summed E-state index contributed by atoms with van der Waals surface area (Å²) in [5, 5.41) is 0. The Hall–Kier alpha value is -0.740. The van der Waals surface area contributed by atoms with Gasteiger partial charge in [0.15, 0.2) is 0 Å². The number of rotatable bonds is 4. The summed E-state index contributed by atoms with van der Waals surface area (Å²) in [5.74, 6) is 0.489. The summed E-state index contributed by atoms with van der Waals surface area (Å²) < 4.78 is 26.9. The van der Waals surface area contributed by atoms with Crippen molar-refractivity contribution in [3.8, 4) is 5.75 Å². The first-order valence-corrected chi connectivity index (χ1v) is 7.01. The van der Waals surface area contributed by atoms with E-state index >= 15 is 0 Å². The summed E-state index contributed by atoms with van der Waals surface area (Å²) in [4.78, 5) is 0. The third-order valence-corrected chi connectivity index (χ3v) is 3.01. The smallest absolute Gasteiger partial charge is 0.236 e. The van der Waals surface area contributed by atoms with E-state index in [2.05, 4.69) is 0 Å². The zero-order valence-corrected chi connectivity index (χ0v) is 10.2. The zero-order chi connectivity index (χ0) is 11.5. The highest BCUT2D eigenvalue weighted by atomic mass is 35.7. The van der Waals surface area contributed by atoms with Crippen LogP contribution >= 0.6 is 10.7 Å². The molecule has 5 heteroatoms. The Morgan fingerprint density at radius 3 is 2.33 bits per heavy atom. The van der Waals surface area contributed by atoms with E-state index in [1.54, 1.807) is 13.2 Å². The summed E-state index contributed by atoms with van der Waals surface area (Å²) in [5.41, 5.74) is 1.69. The van der Waals surface area contributed by atoms with Gasteiger partial charge in [0.05, 0.1) is 12.9 Å². The summed E-state index contributed by atoms with van der Waals surface area (Å²) in [6.45, 7) is 1.99. The molecule has 1 aromatic carbocycles. The largest absolute Gasteiger partial charge is 0.497 e. The minimum absolute atomic E-state index is 0.168. The Kier molecular flexibility index (Phi) is 3.99. The SMILES string of the molecule is CCc1cc(CS(=O)(=O)Cl)cc(OC)c1. The summed E-state index contributed by atoms with van der Waals surface area (Å²) >= 11 is 0. The van der Waals surface area contributed by atoms with E-state index in [1.807, 2.05) is 19.1 Å². The molecule has 0 fully saturated rings. The molecule has 0 bridgehead atoms. The molecule has 0 radical (unpaired) electrons. The Balaban J connectivity index is 3.07. The van der Waals surface area contributed by atoms with Crippen LogP contribution in [0.5, 0.6) is 5.75 Å². The van der Waals surface area contributed by atoms with Crippen LogP contribution < -0.4 is 4.74 Å². The van der Waals surface area contributed by atoms with Gasteiger partial charge in [-0.1, -0.05) is 13.0 Å². The number of methoxy groups -OCH3 is 1. The normalized spacial score (nSPS) is 11.4. The molecule has 15 heavy (non-hydrogen) atoms. The van der Waals surface area contributed by atoms with Gasteiger partial charge in [0, 0.05) is 10.7 Å². The minimum Gasteiger partial charge on any atom is -0.497 e. The van der Waals surface area contributed by atoms with Crippen molar-refractivity contribution in [2.45, 2.75) is 19.1 Å². The van der Waals surface area contributed by atoms with Gasteiger partial charge in [-0.3, -0.25) is 0 Å². The van der Waals surface area contributed by atoms with E-state index < -0.39 is 9.05 Å². The van der Waals surface area contributed by atoms with Crippen LogP contribution in [0, 0.1) is 0 Å². The van der Waals surface area contributed by atoms with Gasteiger partial charge in [-0.05, 0) is 29.7 Å². The first-order chi connectivity index (χ1) is 6.94. The molecule has 0 aliphatic heterocycles. The lowest BCUT2D eigenvalue weighted by molar-refractivity contribution is 0.414. The highest BCUT2D eigenvalue weighted by Gasteiger charge is 2.09. The number of aryl methyl sites for hydroxylation is 1. The quantitative estimate of drug-likeness (QED) is 0.768. The van der Waals surface area contributed by atoms with Crippen LogP contribution in [0.15, 0.2) is 18.2 Å². The van der Waals surface area contributed by atoms with Gasteiger partial charge < -0.3 is 4.74 Å². The van der Waals surface area contributed by atoms with E-state index in [4.69, 9.17) is 15.4 Å². The Morgan fingerprint density at radius 1 is 1.27 bits per heavy atom. The molecule has 0 aliphatic carbocycles. The van der Waals surface area contributed by atoms with Gasteiger partial charge >= 0.3 is 0 Å². The maximum Gasteiger partial charge on any atom is 0.236 e. The molecule has 1 rings (SSSR count). The molecule has 0 N–H and O–H groups in total. The van der Waals surface area contributed by atoms with Gasteiger partial charge in [-0.15, -0.1) is 0 Å². The summed E-state index contributed by atoms with van der Waals surface area (Å²) in [6.07, 6.45) is 0.826. The molecule has 84 valence electrons. The molecule has 3 nitrogen and oxygen atoms in total. The van der Waals surface area contributed by atoms with Crippen molar-refractivity contribution in [3.05, 3.63) is 29.3 Å². The van der Waals surface area contributed by atoms with Gasteiger partial charge in [-0.2, -0.15) is 0 Å². The van der Waals surface area contributed by atoms with Crippen LogP contribution in [0.2, 0.25) is 0 Å². The van der Waals surface area contributed by atoms with Gasteiger partial charge in [0.25, 0.3) is 0 Å². The second-order valence-electron chi connectivity index (χ2n) is 3.23. The predicted molar refractivity (Wildman–Crippen MR) is 60.8 cm³/mol. The molecule has 0 atom stereocenters. The third kappa shape index (κ3) is 4.10. The Labute approximate surface area is 94.4 Å². The van der Waals surface area contributed by atoms with Crippen molar-refractivity contribution < 1.29 is 13.2 Å². The predicted octanol–water partition coefficient (Wildman–Crippen LogP) is 2.33. The zero-order valence-electron chi connectivity index (χ0n) is 8.66. The van der Waals surface area contributed by atoms with Gasteiger partial charge in [-0.25, -0.2) is 8.42 Å². The average molecular weight is 249 g/mol. The fourth-order valence-corrected chi connectivity index (χ4v) is 2.28. The van der Waals surface area contributed by atoms with E-state index in [0.717, 1.165) is 12.0 Å². The highest BCUT2D eigenvalue weighted by Crippen LogP contribution is 2.20. The number of ether oxygens (including phenoxy) is 1. The Morgan fingerprint density at radius 2 is 1.87 bits per heavy atom. The molecule has 0 spiro atoms. The topological polar surface area (TPSA) is 43.4 Å². The lowest BCUT2D eigenvalue weighted by Crippen LogP contribution is -1.97. The van der Waals surface area contributed by atoms with Crippen molar-refractivity contribution >= 4 is 19.7 Å². The number of hydrogen-bond acceptors (Lipinski definition) is 3. The van der Waals surface area contributed by atoms with E-state index in [1.165, 1.54) is 0 Å². The summed E-state index contributed by atoms with van der Waals surface area (Å²) in [7, 11) is 3.23. The van der Waals surface area contributed by atoms with Crippen LogP contribution in [0.4, 0.5) is 0 Å². The lowest BCUT2D eigenvalue weighted by Gasteiger charge is -2.06. The summed E-state index contributed by atoms with van der Waals surface area (Å²) in [6, 6.07) is 5.38. The molecular weight excluding hydrogens is 236 g/mol. The van der Waals surface area contributed by atoms with Crippen LogP contribution in [-0.2, 0) is 21.2 Å². The maximum atomic E-state index is 10.9. The molecule has 0 amide bonds.